The zero-order valence-corrected chi connectivity index (χ0v) is 18.2. The van der Waals surface area contributed by atoms with Crippen LogP contribution in [-0.2, 0) is 9.53 Å². The lowest BCUT2D eigenvalue weighted by Crippen LogP contribution is -2.02. The van der Waals surface area contributed by atoms with Crippen LogP contribution in [0, 0.1) is 17.5 Å². The van der Waals surface area contributed by atoms with E-state index >= 15 is 0 Å². The lowest BCUT2D eigenvalue weighted by atomic mass is 9.99. The fourth-order valence-electron chi connectivity index (χ4n) is 3.36. The molecule has 3 nitrogen and oxygen atoms in total. The highest BCUT2D eigenvalue weighted by Crippen LogP contribution is 2.30. The van der Waals surface area contributed by atoms with Crippen LogP contribution in [0.5, 0.6) is 5.75 Å². The van der Waals surface area contributed by atoms with E-state index in [0.29, 0.717) is 24.5 Å². The van der Waals surface area contributed by atoms with Gasteiger partial charge in [-0.25, -0.2) is 18.0 Å². The van der Waals surface area contributed by atoms with E-state index in [2.05, 4.69) is 6.58 Å². The van der Waals surface area contributed by atoms with E-state index in [-0.39, 0.29) is 11.1 Å². The smallest absolute Gasteiger partial charge is 0.330 e. The van der Waals surface area contributed by atoms with Crippen LogP contribution in [-0.4, -0.2) is 19.2 Å². The van der Waals surface area contributed by atoms with Gasteiger partial charge in [0.05, 0.1) is 13.2 Å². The van der Waals surface area contributed by atoms with Gasteiger partial charge in [-0.05, 0) is 72.7 Å². The van der Waals surface area contributed by atoms with Crippen LogP contribution in [0.3, 0.4) is 0 Å². The molecular weight excluding hydrogens is 429 g/mol. The van der Waals surface area contributed by atoms with E-state index in [4.69, 9.17) is 9.47 Å². The van der Waals surface area contributed by atoms with Gasteiger partial charge in [-0.1, -0.05) is 30.8 Å². The zero-order valence-electron chi connectivity index (χ0n) is 18.2. The van der Waals surface area contributed by atoms with E-state index in [0.717, 1.165) is 55.5 Å². The Morgan fingerprint density at radius 2 is 1.39 bits per heavy atom. The predicted molar refractivity (Wildman–Crippen MR) is 122 cm³/mol. The topological polar surface area (TPSA) is 35.5 Å². The highest BCUT2D eigenvalue weighted by molar-refractivity contribution is 5.81. The van der Waals surface area contributed by atoms with Crippen LogP contribution in [0.1, 0.15) is 25.7 Å². The molecule has 0 unspecified atom stereocenters. The summed E-state index contributed by atoms with van der Waals surface area (Å²) in [4.78, 5) is 10.9. The Morgan fingerprint density at radius 1 is 0.758 bits per heavy atom. The van der Waals surface area contributed by atoms with Crippen LogP contribution in [0.25, 0.3) is 22.3 Å². The van der Waals surface area contributed by atoms with Gasteiger partial charge in [0.25, 0.3) is 0 Å². The van der Waals surface area contributed by atoms with Crippen LogP contribution in [0.2, 0.25) is 0 Å². The first-order valence-corrected chi connectivity index (χ1v) is 10.7. The van der Waals surface area contributed by atoms with Crippen LogP contribution in [0.4, 0.5) is 13.2 Å². The normalized spacial score (nSPS) is 10.6. The minimum absolute atomic E-state index is 0.135. The molecule has 172 valence electrons. The zero-order chi connectivity index (χ0) is 23.6. The Labute approximate surface area is 191 Å². The summed E-state index contributed by atoms with van der Waals surface area (Å²) >= 11 is 0. The molecule has 0 spiro atoms. The highest BCUT2D eigenvalue weighted by atomic mass is 19.1. The van der Waals surface area contributed by atoms with Gasteiger partial charge in [0.15, 0.2) is 0 Å². The molecule has 3 aromatic rings. The van der Waals surface area contributed by atoms with E-state index in [1.165, 1.54) is 12.1 Å². The minimum atomic E-state index is -0.752. The number of hydrogen-bond donors (Lipinski definition) is 0. The third-order valence-electron chi connectivity index (χ3n) is 5.05. The molecular formula is C27H25F3O3. The van der Waals surface area contributed by atoms with E-state index in [1.807, 2.05) is 24.3 Å². The minimum Gasteiger partial charge on any atom is -0.494 e. The average molecular weight is 454 g/mol. The average Bonchev–Trinajstić information content (AvgIpc) is 2.80. The largest absolute Gasteiger partial charge is 0.494 e. The number of halogens is 3. The maximum atomic E-state index is 14.6. The van der Waals surface area contributed by atoms with Crippen molar-refractivity contribution >= 4 is 5.97 Å². The van der Waals surface area contributed by atoms with Crippen molar-refractivity contribution in [1.29, 1.82) is 0 Å². The Morgan fingerprint density at radius 3 is 2.03 bits per heavy atom. The van der Waals surface area contributed by atoms with E-state index < -0.39 is 23.4 Å². The van der Waals surface area contributed by atoms with Crippen molar-refractivity contribution in [2.75, 3.05) is 13.2 Å². The molecule has 0 aromatic heterocycles. The summed E-state index contributed by atoms with van der Waals surface area (Å²) in [6.45, 7) is 4.31. The van der Waals surface area contributed by atoms with E-state index in [1.54, 1.807) is 6.07 Å². The molecule has 0 N–H and O–H groups in total. The number of carbonyl (C=O) groups excluding carboxylic acids is 1. The second-order valence-corrected chi connectivity index (χ2v) is 7.51. The van der Waals surface area contributed by atoms with Gasteiger partial charge in [-0.2, -0.15) is 0 Å². The Kier molecular flexibility index (Phi) is 8.70. The Balaban J connectivity index is 1.49. The SMILES string of the molecule is C=CC(=O)OCCCCCCOc1ccc(-c2ccc(-c3cc(F)cc(F)c3)c(F)c2)cc1. The van der Waals surface area contributed by atoms with Gasteiger partial charge in [0, 0.05) is 17.7 Å². The number of esters is 1. The molecule has 0 amide bonds. The first-order chi connectivity index (χ1) is 16.0. The lowest BCUT2D eigenvalue weighted by Gasteiger charge is -2.09. The maximum Gasteiger partial charge on any atom is 0.330 e. The third kappa shape index (κ3) is 7.24. The number of carbonyl (C=O) groups is 1. The summed E-state index contributed by atoms with van der Waals surface area (Å²) in [5.41, 5.74) is 1.73. The lowest BCUT2D eigenvalue weighted by molar-refractivity contribution is -0.137. The van der Waals surface area contributed by atoms with Crippen molar-refractivity contribution in [1.82, 2.24) is 0 Å². The first-order valence-electron chi connectivity index (χ1n) is 10.7. The molecule has 3 aromatic carbocycles. The monoisotopic (exact) mass is 454 g/mol. The molecule has 0 aliphatic heterocycles. The number of rotatable bonds is 11. The van der Waals surface area contributed by atoms with Crippen LogP contribution >= 0.6 is 0 Å². The molecule has 0 aliphatic carbocycles. The number of ether oxygens (including phenoxy) is 2. The third-order valence-corrected chi connectivity index (χ3v) is 5.05. The summed E-state index contributed by atoms with van der Waals surface area (Å²) in [5, 5.41) is 0. The summed E-state index contributed by atoms with van der Waals surface area (Å²) < 4.78 is 52.2. The van der Waals surface area contributed by atoms with Crippen LogP contribution < -0.4 is 4.74 Å². The van der Waals surface area contributed by atoms with Crippen molar-refractivity contribution in [3.8, 4) is 28.0 Å². The second-order valence-electron chi connectivity index (χ2n) is 7.51. The van der Waals surface area contributed by atoms with E-state index in [9.17, 15) is 18.0 Å². The van der Waals surface area contributed by atoms with Crippen molar-refractivity contribution in [2.45, 2.75) is 25.7 Å². The molecule has 0 heterocycles. The summed E-state index contributed by atoms with van der Waals surface area (Å²) in [6, 6.07) is 14.8. The fourth-order valence-corrected chi connectivity index (χ4v) is 3.36. The molecule has 3 rings (SSSR count). The highest BCUT2D eigenvalue weighted by Gasteiger charge is 2.10. The molecule has 0 bridgehead atoms. The van der Waals surface area contributed by atoms with Crippen molar-refractivity contribution in [3.63, 3.8) is 0 Å². The van der Waals surface area contributed by atoms with Crippen molar-refractivity contribution < 1.29 is 27.4 Å². The summed E-state index contributed by atoms with van der Waals surface area (Å²) in [6.07, 6.45) is 4.74. The Hall–Kier alpha value is -3.54. The van der Waals surface area contributed by atoms with Gasteiger partial charge < -0.3 is 9.47 Å². The molecule has 33 heavy (non-hydrogen) atoms. The molecule has 0 saturated heterocycles. The molecule has 6 heteroatoms. The molecule has 0 aliphatic rings. The standard InChI is InChI=1S/C27H25F3O3/c1-2-27(31)33-14-6-4-3-5-13-32-24-10-7-19(8-11-24)20-9-12-25(26(30)17-20)21-15-22(28)18-23(29)16-21/h2,7-12,15-18H,1,3-6,13-14H2. The maximum absolute atomic E-state index is 14.6. The first kappa shape index (κ1) is 24.1. The van der Waals surface area contributed by atoms with Crippen LogP contribution in [0.15, 0.2) is 73.3 Å². The van der Waals surface area contributed by atoms with Crippen molar-refractivity contribution in [2.24, 2.45) is 0 Å². The van der Waals surface area contributed by atoms with Gasteiger partial charge in [0.1, 0.15) is 23.2 Å². The molecule has 0 atom stereocenters. The predicted octanol–water partition coefficient (Wildman–Crippen LogP) is 7.11. The van der Waals surface area contributed by atoms with Gasteiger partial charge in [-0.3, -0.25) is 0 Å². The second kappa shape index (κ2) is 11.9. The number of hydrogen-bond acceptors (Lipinski definition) is 3. The van der Waals surface area contributed by atoms with Crippen molar-refractivity contribution in [3.05, 3.63) is 90.8 Å². The molecule has 0 radical (unpaired) electrons. The molecule has 0 saturated carbocycles. The summed E-state index contributed by atoms with van der Waals surface area (Å²) in [7, 11) is 0. The molecule has 0 fully saturated rings. The van der Waals surface area contributed by atoms with Gasteiger partial charge in [0.2, 0.25) is 0 Å². The number of unbranched alkanes of at least 4 members (excludes halogenated alkanes) is 3. The Bertz CT molecular complexity index is 1070. The summed E-state index contributed by atoms with van der Waals surface area (Å²) in [5.74, 6) is -1.75. The fraction of sp³-hybridized carbons (Fsp3) is 0.222. The van der Waals surface area contributed by atoms with Gasteiger partial charge in [-0.15, -0.1) is 0 Å². The quantitative estimate of drug-likeness (QED) is 0.176. The number of benzene rings is 3. The van der Waals surface area contributed by atoms with Gasteiger partial charge >= 0.3 is 5.97 Å².